The van der Waals surface area contributed by atoms with Gasteiger partial charge < -0.3 is 10.6 Å². The van der Waals surface area contributed by atoms with Crippen LogP contribution < -0.4 is 10.6 Å². The Balaban J connectivity index is 2.19. The summed E-state index contributed by atoms with van der Waals surface area (Å²) in [4.78, 5) is 16.5. The molecule has 0 saturated carbocycles. The standard InChI is InChI=1S/C13H19N3O3S/c1-9-6-10(7-11(14-3)15-9)12(17)16-13(2)4-5-20(18,19)8-13/h6-7H,4-5,8H2,1-3H3,(H,14,15)(H,16,17). The number of hydrogen-bond acceptors (Lipinski definition) is 5. The number of nitrogens with one attached hydrogen (secondary N) is 2. The molecule has 1 unspecified atom stereocenters. The van der Waals surface area contributed by atoms with Crippen molar-refractivity contribution in [2.75, 3.05) is 23.9 Å². The lowest BCUT2D eigenvalue weighted by atomic mass is 10.0. The number of hydrogen-bond donors (Lipinski definition) is 2. The number of carbonyl (C=O) groups is 1. The molecule has 2 rings (SSSR count). The molecule has 1 aromatic heterocycles. The summed E-state index contributed by atoms with van der Waals surface area (Å²) in [5.41, 5.74) is 0.519. The van der Waals surface area contributed by atoms with Crippen LogP contribution in [0.3, 0.4) is 0 Å². The molecule has 1 saturated heterocycles. The van der Waals surface area contributed by atoms with Crippen LogP contribution in [0.5, 0.6) is 0 Å². The van der Waals surface area contributed by atoms with Crippen LogP contribution >= 0.6 is 0 Å². The fourth-order valence-corrected chi connectivity index (χ4v) is 4.48. The molecule has 1 aliphatic heterocycles. The number of nitrogens with zero attached hydrogens (tertiary/aromatic N) is 1. The number of rotatable bonds is 3. The SMILES string of the molecule is CNc1cc(C(=O)NC2(C)CCS(=O)(=O)C2)cc(C)n1. The van der Waals surface area contributed by atoms with Crippen molar-refractivity contribution in [1.82, 2.24) is 10.3 Å². The van der Waals surface area contributed by atoms with Gasteiger partial charge in [0.2, 0.25) is 0 Å². The maximum absolute atomic E-state index is 12.3. The Hall–Kier alpha value is -1.63. The normalized spacial score (nSPS) is 24.4. The first-order chi connectivity index (χ1) is 9.23. The van der Waals surface area contributed by atoms with E-state index in [9.17, 15) is 13.2 Å². The van der Waals surface area contributed by atoms with Crippen LogP contribution in [0.25, 0.3) is 0 Å². The van der Waals surface area contributed by atoms with Crippen molar-refractivity contribution >= 4 is 21.6 Å². The Morgan fingerprint density at radius 1 is 1.40 bits per heavy atom. The van der Waals surface area contributed by atoms with Crippen LogP contribution in [-0.2, 0) is 9.84 Å². The highest BCUT2D eigenvalue weighted by Crippen LogP contribution is 2.23. The van der Waals surface area contributed by atoms with Gasteiger partial charge in [0.05, 0.1) is 17.0 Å². The predicted octanol–water partition coefficient (Wildman–Crippen LogP) is 0.739. The number of pyridine rings is 1. The monoisotopic (exact) mass is 297 g/mol. The molecule has 0 radical (unpaired) electrons. The molecule has 0 bridgehead atoms. The van der Waals surface area contributed by atoms with Gasteiger partial charge in [0.25, 0.3) is 5.91 Å². The fourth-order valence-electron chi connectivity index (χ4n) is 2.38. The molecule has 6 nitrogen and oxygen atoms in total. The molecule has 20 heavy (non-hydrogen) atoms. The Morgan fingerprint density at radius 3 is 2.65 bits per heavy atom. The number of aryl methyl sites for hydroxylation is 1. The van der Waals surface area contributed by atoms with Crippen molar-refractivity contribution in [1.29, 1.82) is 0 Å². The van der Waals surface area contributed by atoms with E-state index < -0.39 is 15.4 Å². The van der Waals surface area contributed by atoms with Crippen molar-refractivity contribution < 1.29 is 13.2 Å². The molecule has 2 heterocycles. The largest absolute Gasteiger partial charge is 0.373 e. The third-order valence-electron chi connectivity index (χ3n) is 3.39. The van der Waals surface area contributed by atoms with Crippen molar-refractivity contribution in [3.05, 3.63) is 23.4 Å². The lowest BCUT2D eigenvalue weighted by Crippen LogP contribution is -2.46. The van der Waals surface area contributed by atoms with E-state index in [0.717, 1.165) is 5.69 Å². The maximum atomic E-state index is 12.3. The van der Waals surface area contributed by atoms with E-state index in [2.05, 4.69) is 15.6 Å². The second kappa shape index (κ2) is 5.05. The van der Waals surface area contributed by atoms with Gasteiger partial charge in [-0.05, 0) is 32.4 Å². The van der Waals surface area contributed by atoms with Crippen LogP contribution in [0.15, 0.2) is 12.1 Å². The smallest absolute Gasteiger partial charge is 0.251 e. The first-order valence-electron chi connectivity index (χ1n) is 6.42. The fraction of sp³-hybridized carbons (Fsp3) is 0.538. The Kier molecular flexibility index (Phi) is 3.73. The molecule has 110 valence electrons. The van der Waals surface area contributed by atoms with E-state index in [1.54, 1.807) is 33.0 Å². The highest BCUT2D eigenvalue weighted by Gasteiger charge is 2.39. The number of sulfone groups is 1. The first kappa shape index (κ1) is 14.8. The van der Waals surface area contributed by atoms with Gasteiger partial charge in [0.1, 0.15) is 5.82 Å². The van der Waals surface area contributed by atoms with Gasteiger partial charge in [0, 0.05) is 18.3 Å². The van der Waals surface area contributed by atoms with E-state index >= 15 is 0 Å². The molecule has 1 amide bonds. The summed E-state index contributed by atoms with van der Waals surface area (Å²) in [6.45, 7) is 3.57. The van der Waals surface area contributed by atoms with E-state index in [1.807, 2.05) is 0 Å². The molecular weight excluding hydrogens is 278 g/mol. The van der Waals surface area contributed by atoms with E-state index in [-0.39, 0.29) is 17.4 Å². The van der Waals surface area contributed by atoms with Gasteiger partial charge >= 0.3 is 0 Å². The summed E-state index contributed by atoms with van der Waals surface area (Å²) in [7, 11) is -1.31. The average molecular weight is 297 g/mol. The molecule has 1 aliphatic rings. The minimum absolute atomic E-state index is 0.00527. The molecular formula is C13H19N3O3S. The van der Waals surface area contributed by atoms with Crippen molar-refractivity contribution in [2.45, 2.75) is 25.8 Å². The minimum atomic E-state index is -3.04. The predicted molar refractivity (Wildman–Crippen MR) is 77.7 cm³/mol. The van der Waals surface area contributed by atoms with E-state index in [0.29, 0.717) is 17.8 Å². The number of aromatic nitrogens is 1. The Bertz CT molecular complexity index is 642. The van der Waals surface area contributed by atoms with Crippen LogP contribution in [0, 0.1) is 6.92 Å². The third kappa shape index (κ3) is 3.27. The summed E-state index contributed by atoms with van der Waals surface area (Å²) in [6.07, 6.45) is 0.448. The Labute approximate surface area is 118 Å². The molecule has 0 spiro atoms. The second-order valence-electron chi connectivity index (χ2n) is 5.49. The summed E-state index contributed by atoms with van der Waals surface area (Å²) < 4.78 is 23.1. The van der Waals surface area contributed by atoms with Gasteiger partial charge in [-0.1, -0.05) is 0 Å². The van der Waals surface area contributed by atoms with Gasteiger partial charge in [-0.2, -0.15) is 0 Å². The van der Waals surface area contributed by atoms with E-state index in [1.165, 1.54) is 0 Å². The minimum Gasteiger partial charge on any atom is -0.373 e. The Morgan fingerprint density at radius 2 is 2.10 bits per heavy atom. The molecule has 1 aromatic rings. The number of amides is 1. The quantitative estimate of drug-likeness (QED) is 0.859. The van der Waals surface area contributed by atoms with Gasteiger partial charge in [-0.25, -0.2) is 13.4 Å². The molecule has 0 aromatic carbocycles. The molecule has 7 heteroatoms. The van der Waals surface area contributed by atoms with Crippen LogP contribution in [0.1, 0.15) is 29.4 Å². The third-order valence-corrected chi connectivity index (χ3v) is 5.29. The van der Waals surface area contributed by atoms with Crippen LogP contribution in [-0.4, -0.2) is 43.4 Å². The topological polar surface area (TPSA) is 88.2 Å². The summed E-state index contributed by atoms with van der Waals surface area (Å²) in [6, 6.07) is 3.33. The number of anilines is 1. The van der Waals surface area contributed by atoms with Gasteiger partial charge in [0.15, 0.2) is 9.84 Å². The molecule has 1 atom stereocenters. The van der Waals surface area contributed by atoms with Crippen LogP contribution in [0.2, 0.25) is 0 Å². The van der Waals surface area contributed by atoms with E-state index in [4.69, 9.17) is 0 Å². The molecule has 2 N–H and O–H groups in total. The average Bonchev–Trinajstić information content (AvgIpc) is 2.62. The second-order valence-corrected chi connectivity index (χ2v) is 7.67. The van der Waals surface area contributed by atoms with Crippen molar-refractivity contribution in [3.8, 4) is 0 Å². The summed E-state index contributed by atoms with van der Waals surface area (Å²) in [5.74, 6) is 0.459. The maximum Gasteiger partial charge on any atom is 0.251 e. The van der Waals surface area contributed by atoms with Crippen molar-refractivity contribution in [2.24, 2.45) is 0 Å². The lowest BCUT2D eigenvalue weighted by Gasteiger charge is -2.24. The van der Waals surface area contributed by atoms with Gasteiger partial charge in [-0.3, -0.25) is 4.79 Å². The lowest BCUT2D eigenvalue weighted by molar-refractivity contribution is 0.0915. The highest BCUT2D eigenvalue weighted by atomic mass is 32.2. The molecule has 1 fully saturated rings. The number of carbonyl (C=O) groups excluding carboxylic acids is 1. The zero-order chi connectivity index (χ0) is 15.0. The highest BCUT2D eigenvalue weighted by molar-refractivity contribution is 7.91. The zero-order valence-corrected chi connectivity index (χ0v) is 12.7. The first-order valence-corrected chi connectivity index (χ1v) is 8.25. The summed E-state index contributed by atoms with van der Waals surface area (Å²) in [5, 5.41) is 5.72. The summed E-state index contributed by atoms with van der Waals surface area (Å²) >= 11 is 0. The zero-order valence-electron chi connectivity index (χ0n) is 11.9. The van der Waals surface area contributed by atoms with Crippen molar-refractivity contribution in [3.63, 3.8) is 0 Å². The van der Waals surface area contributed by atoms with Gasteiger partial charge in [-0.15, -0.1) is 0 Å². The molecule has 0 aliphatic carbocycles. The van der Waals surface area contributed by atoms with Crippen LogP contribution in [0.4, 0.5) is 5.82 Å².